The Labute approximate surface area is 195 Å². The number of benzene rings is 2. The maximum atomic E-state index is 10.9. The van der Waals surface area contributed by atoms with Crippen LogP contribution in [0.25, 0.3) is 0 Å². The molecule has 1 amide bonds. The van der Waals surface area contributed by atoms with E-state index in [0.717, 1.165) is 37.6 Å². The number of halogens is 1. The second kappa shape index (κ2) is 12.3. The Morgan fingerprint density at radius 2 is 2.03 bits per heavy atom. The van der Waals surface area contributed by atoms with Crippen molar-refractivity contribution in [2.75, 3.05) is 31.1 Å². The van der Waals surface area contributed by atoms with Gasteiger partial charge in [-0.2, -0.15) is 0 Å². The highest BCUT2D eigenvalue weighted by Gasteiger charge is 2.23. The Bertz CT molecular complexity index is 831. The van der Waals surface area contributed by atoms with Gasteiger partial charge in [-0.25, -0.2) is 4.99 Å². The molecule has 0 aromatic heterocycles. The predicted molar refractivity (Wildman–Crippen MR) is 132 cm³/mol. The summed E-state index contributed by atoms with van der Waals surface area (Å²) in [6, 6.07) is 18.4. The summed E-state index contributed by atoms with van der Waals surface area (Å²) in [7, 11) is 0. The SMILES string of the molecule is CCNC(=NCc1cccc(OCC(N)=O)c1)NC1CCN(c2ccccc2)C1.I. The van der Waals surface area contributed by atoms with Gasteiger partial charge in [0.2, 0.25) is 0 Å². The zero-order valence-electron chi connectivity index (χ0n) is 17.2. The number of nitrogens with one attached hydrogen (secondary N) is 2. The van der Waals surface area contributed by atoms with Crippen LogP contribution in [0.4, 0.5) is 5.69 Å². The molecule has 0 saturated carbocycles. The zero-order valence-corrected chi connectivity index (χ0v) is 19.5. The number of primary amides is 1. The molecule has 1 aliphatic heterocycles. The highest BCUT2D eigenvalue weighted by atomic mass is 127. The van der Waals surface area contributed by atoms with E-state index in [1.165, 1.54) is 5.69 Å². The predicted octanol–water partition coefficient (Wildman–Crippen LogP) is 2.50. The molecule has 0 spiro atoms. The molecule has 30 heavy (non-hydrogen) atoms. The number of carbonyl (C=O) groups is 1. The van der Waals surface area contributed by atoms with Crippen LogP contribution < -0.4 is 26.0 Å². The molecule has 3 rings (SSSR count). The number of ether oxygens (including phenoxy) is 1. The van der Waals surface area contributed by atoms with E-state index in [9.17, 15) is 4.79 Å². The summed E-state index contributed by atoms with van der Waals surface area (Å²) in [6.07, 6.45) is 1.07. The summed E-state index contributed by atoms with van der Waals surface area (Å²) >= 11 is 0. The van der Waals surface area contributed by atoms with Crippen LogP contribution in [0, 0.1) is 0 Å². The van der Waals surface area contributed by atoms with Crippen LogP contribution in [0.3, 0.4) is 0 Å². The summed E-state index contributed by atoms with van der Waals surface area (Å²) in [5.41, 5.74) is 7.39. The second-order valence-corrected chi connectivity index (χ2v) is 7.01. The van der Waals surface area contributed by atoms with Gasteiger partial charge in [-0.05, 0) is 43.2 Å². The highest BCUT2D eigenvalue weighted by Crippen LogP contribution is 2.19. The molecule has 2 aromatic rings. The van der Waals surface area contributed by atoms with E-state index in [-0.39, 0.29) is 30.6 Å². The highest BCUT2D eigenvalue weighted by molar-refractivity contribution is 14.0. The summed E-state index contributed by atoms with van der Waals surface area (Å²) in [5.74, 6) is 0.924. The lowest BCUT2D eigenvalue weighted by Gasteiger charge is -2.20. The van der Waals surface area contributed by atoms with Crippen LogP contribution in [0.1, 0.15) is 18.9 Å². The molecule has 0 aliphatic carbocycles. The lowest BCUT2D eigenvalue weighted by Crippen LogP contribution is -2.44. The molecular weight excluding hydrogens is 493 g/mol. The van der Waals surface area contributed by atoms with Crippen molar-refractivity contribution in [2.24, 2.45) is 10.7 Å². The summed E-state index contributed by atoms with van der Waals surface area (Å²) in [4.78, 5) is 18.0. The Morgan fingerprint density at radius 3 is 2.77 bits per heavy atom. The van der Waals surface area contributed by atoms with E-state index in [2.05, 4.69) is 46.7 Å². The van der Waals surface area contributed by atoms with Crippen molar-refractivity contribution in [2.45, 2.75) is 25.9 Å². The van der Waals surface area contributed by atoms with Crippen molar-refractivity contribution in [1.82, 2.24) is 10.6 Å². The van der Waals surface area contributed by atoms with E-state index in [4.69, 9.17) is 15.5 Å². The maximum Gasteiger partial charge on any atom is 0.255 e. The number of nitrogens with zero attached hydrogens (tertiary/aromatic N) is 2. The molecule has 0 bridgehead atoms. The normalized spacial score (nSPS) is 16.0. The van der Waals surface area contributed by atoms with Gasteiger partial charge in [0.1, 0.15) is 5.75 Å². The van der Waals surface area contributed by atoms with Crippen LogP contribution in [0.5, 0.6) is 5.75 Å². The zero-order chi connectivity index (χ0) is 20.5. The average Bonchev–Trinajstić information content (AvgIpc) is 3.20. The monoisotopic (exact) mass is 523 g/mol. The lowest BCUT2D eigenvalue weighted by atomic mass is 10.2. The third-order valence-corrected chi connectivity index (χ3v) is 4.69. The first-order valence-electron chi connectivity index (χ1n) is 9.99. The number of hydrogen-bond donors (Lipinski definition) is 3. The molecular formula is C22H30IN5O2. The van der Waals surface area contributed by atoms with Gasteiger partial charge in [-0.15, -0.1) is 24.0 Å². The fourth-order valence-electron chi connectivity index (χ4n) is 3.32. The van der Waals surface area contributed by atoms with Gasteiger partial charge in [-0.1, -0.05) is 30.3 Å². The van der Waals surface area contributed by atoms with Crippen LogP contribution >= 0.6 is 24.0 Å². The smallest absolute Gasteiger partial charge is 0.255 e. The third kappa shape index (κ3) is 7.40. The fraction of sp³-hybridized carbons (Fsp3) is 0.364. The maximum absolute atomic E-state index is 10.9. The molecule has 0 radical (unpaired) electrons. The van der Waals surface area contributed by atoms with Gasteiger partial charge in [0, 0.05) is 31.4 Å². The van der Waals surface area contributed by atoms with Crippen molar-refractivity contribution >= 4 is 41.5 Å². The first-order valence-corrected chi connectivity index (χ1v) is 9.99. The van der Waals surface area contributed by atoms with E-state index in [1.807, 2.05) is 24.3 Å². The first kappa shape index (κ1) is 23.8. The number of carbonyl (C=O) groups excluding carboxylic acids is 1. The van der Waals surface area contributed by atoms with Crippen molar-refractivity contribution in [3.63, 3.8) is 0 Å². The van der Waals surface area contributed by atoms with Crippen molar-refractivity contribution < 1.29 is 9.53 Å². The van der Waals surface area contributed by atoms with E-state index < -0.39 is 5.91 Å². The largest absolute Gasteiger partial charge is 0.484 e. The molecule has 8 heteroatoms. The quantitative estimate of drug-likeness (QED) is 0.281. The Morgan fingerprint density at radius 1 is 1.23 bits per heavy atom. The fourth-order valence-corrected chi connectivity index (χ4v) is 3.32. The minimum atomic E-state index is -0.492. The van der Waals surface area contributed by atoms with E-state index >= 15 is 0 Å². The van der Waals surface area contributed by atoms with Gasteiger partial charge in [0.05, 0.1) is 6.54 Å². The molecule has 1 unspecified atom stereocenters. The number of guanidine groups is 1. The van der Waals surface area contributed by atoms with Crippen LogP contribution in [-0.4, -0.2) is 44.1 Å². The molecule has 162 valence electrons. The molecule has 2 aromatic carbocycles. The Balaban J connectivity index is 0.00000320. The van der Waals surface area contributed by atoms with E-state index in [1.54, 1.807) is 6.07 Å². The minimum Gasteiger partial charge on any atom is -0.484 e. The van der Waals surface area contributed by atoms with Crippen LogP contribution in [0.2, 0.25) is 0 Å². The van der Waals surface area contributed by atoms with Gasteiger partial charge in [0.15, 0.2) is 12.6 Å². The molecule has 1 heterocycles. The summed E-state index contributed by atoms with van der Waals surface area (Å²) in [5, 5.41) is 6.86. The average molecular weight is 523 g/mol. The lowest BCUT2D eigenvalue weighted by molar-refractivity contribution is -0.119. The van der Waals surface area contributed by atoms with Crippen molar-refractivity contribution in [3.05, 3.63) is 60.2 Å². The first-order chi connectivity index (χ1) is 14.1. The van der Waals surface area contributed by atoms with Crippen molar-refractivity contribution in [3.8, 4) is 5.75 Å². The van der Waals surface area contributed by atoms with Gasteiger partial charge >= 0.3 is 0 Å². The summed E-state index contributed by atoms with van der Waals surface area (Å²) in [6.45, 7) is 5.21. The number of amides is 1. The van der Waals surface area contributed by atoms with Gasteiger partial charge < -0.3 is 26.0 Å². The minimum absolute atomic E-state index is 0. The number of aliphatic imine (C=N–C) groups is 1. The number of para-hydroxylation sites is 1. The number of anilines is 1. The van der Waals surface area contributed by atoms with Crippen LogP contribution in [-0.2, 0) is 11.3 Å². The molecule has 1 fully saturated rings. The van der Waals surface area contributed by atoms with Crippen LogP contribution in [0.15, 0.2) is 59.6 Å². The molecule has 1 aliphatic rings. The third-order valence-electron chi connectivity index (χ3n) is 4.69. The summed E-state index contributed by atoms with van der Waals surface area (Å²) < 4.78 is 5.36. The Kier molecular flexibility index (Phi) is 9.72. The Hall–Kier alpha value is -2.49. The van der Waals surface area contributed by atoms with E-state index in [0.29, 0.717) is 18.3 Å². The van der Waals surface area contributed by atoms with Gasteiger partial charge in [-0.3, -0.25) is 4.79 Å². The molecule has 1 atom stereocenters. The number of rotatable bonds is 8. The number of hydrogen-bond acceptors (Lipinski definition) is 4. The second-order valence-electron chi connectivity index (χ2n) is 7.01. The molecule has 7 nitrogen and oxygen atoms in total. The van der Waals surface area contributed by atoms with Crippen molar-refractivity contribution in [1.29, 1.82) is 0 Å². The molecule has 1 saturated heterocycles. The molecule has 4 N–H and O–H groups in total. The number of nitrogens with two attached hydrogens (primary N) is 1. The topological polar surface area (TPSA) is 92.0 Å². The van der Waals surface area contributed by atoms with Gasteiger partial charge in [0.25, 0.3) is 5.91 Å². The standard InChI is InChI=1S/C22H29N5O2.HI/c1-2-24-22(25-14-17-7-6-10-20(13-17)29-16-21(23)28)26-18-11-12-27(15-18)19-8-4-3-5-9-19;/h3-10,13,18H,2,11-12,14-16H2,1H3,(H2,23,28)(H2,24,25,26);1H.